The summed E-state index contributed by atoms with van der Waals surface area (Å²) < 4.78 is 0. The van der Waals surface area contributed by atoms with Crippen molar-refractivity contribution in [1.29, 1.82) is 0 Å². The molecule has 0 spiro atoms. The van der Waals surface area contributed by atoms with Crippen LogP contribution in [0.15, 0.2) is 121 Å². The Labute approximate surface area is 291 Å². The minimum Gasteiger partial charge on any atom is -0.315 e. The van der Waals surface area contributed by atoms with E-state index in [0.717, 1.165) is 22.6 Å². The molecular weight excluding hydrogens is 610 g/mol. The van der Waals surface area contributed by atoms with Crippen LogP contribution in [0.3, 0.4) is 0 Å². The third-order valence-corrected chi connectivity index (χ3v) is 9.28. The van der Waals surface area contributed by atoms with Gasteiger partial charge in [-0.05, 0) is 59.2 Å². The molecule has 0 bridgehead atoms. The van der Waals surface area contributed by atoms with Crippen LogP contribution in [0, 0.1) is 10.8 Å². The van der Waals surface area contributed by atoms with Crippen LogP contribution < -0.4 is 14.7 Å². The van der Waals surface area contributed by atoms with E-state index in [1.54, 1.807) is 35.8 Å². The van der Waals surface area contributed by atoms with Crippen LogP contribution in [-0.4, -0.2) is 44.6 Å². The van der Waals surface area contributed by atoms with Crippen LogP contribution in [-0.2, 0) is 19.2 Å². The van der Waals surface area contributed by atoms with Gasteiger partial charge < -0.3 is 14.7 Å². The maximum atomic E-state index is 14.4. The van der Waals surface area contributed by atoms with Crippen molar-refractivity contribution in [3.8, 4) is 0 Å². The van der Waals surface area contributed by atoms with Crippen molar-refractivity contribution in [2.45, 2.75) is 58.8 Å². The molecule has 0 radical (unpaired) electrons. The molecule has 0 aliphatic carbocycles. The van der Waals surface area contributed by atoms with E-state index in [0.29, 0.717) is 0 Å². The number of carbonyl (C=O) groups excluding carboxylic acids is 4. The molecule has 3 amide bonds. The fourth-order valence-electron chi connectivity index (χ4n) is 6.34. The lowest BCUT2D eigenvalue weighted by atomic mass is 9.70. The highest BCUT2D eigenvalue weighted by atomic mass is 16.2. The summed E-state index contributed by atoms with van der Waals surface area (Å²) in [6, 6.07) is 37.8. The van der Waals surface area contributed by atoms with Gasteiger partial charge in [-0.2, -0.15) is 0 Å². The summed E-state index contributed by atoms with van der Waals surface area (Å²) in [5.41, 5.74) is 1.63. The van der Waals surface area contributed by atoms with E-state index < -0.39 is 16.7 Å². The van der Waals surface area contributed by atoms with Crippen LogP contribution >= 0.6 is 0 Å². The summed E-state index contributed by atoms with van der Waals surface area (Å²) >= 11 is 0. The van der Waals surface area contributed by atoms with E-state index in [1.807, 2.05) is 142 Å². The average molecular weight is 660 g/mol. The van der Waals surface area contributed by atoms with Crippen LogP contribution in [0.4, 0.5) is 17.1 Å². The molecule has 49 heavy (non-hydrogen) atoms. The average Bonchev–Trinajstić information content (AvgIpc) is 3.10. The topological polar surface area (TPSA) is 78.0 Å². The van der Waals surface area contributed by atoms with E-state index >= 15 is 0 Å². The molecule has 1 atom stereocenters. The van der Waals surface area contributed by atoms with Crippen LogP contribution in [0.25, 0.3) is 0 Å². The van der Waals surface area contributed by atoms with Gasteiger partial charge in [0.2, 0.25) is 17.7 Å². The van der Waals surface area contributed by atoms with E-state index in [1.165, 1.54) is 0 Å². The Morgan fingerprint density at radius 2 is 0.816 bits per heavy atom. The summed E-state index contributed by atoms with van der Waals surface area (Å²) in [5, 5.41) is 0. The van der Waals surface area contributed by atoms with Crippen molar-refractivity contribution in [3.63, 3.8) is 0 Å². The number of hydrogen-bond acceptors (Lipinski definition) is 4. The number of amides is 3. The summed E-state index contributed by atoms with van der Waals surface area (Å²) in [6.45, 7) is 5.83. The lowest BCUT2D eigenvalue weighted by Gasteiger charge is -2.36. The van der Waals surface area contributed by atoms with E-state index in [2.05, 4.69) is 0 Å². The third kappa shape index (κ3) is 10.2. The second-order valence-electron chi connectivity index (χ2n) is 14.2. The fourth-order valence-corrected chi connectivity index (χ4v) is 6.34. The Hall–Kier alpha value is -5.04. The first-order chi connectivity index (χ1) is 23.3. The molecule has 0 saturated carbocycles. The van der Waals surface area contributed by atoms with Crippen molar-refractivity contribution in [1.82, 2.24) is 0 Å². The summed E-state index contributed by atoms with van der Waals surface area (Å²) in [4.78, 5) is 60.4. The van der Waals surface area contributed by atoms with Gasteiger partial charge >= 0.3 is 0 Å². The Balaban J connectivity index is 1.62. The molecule has 256 valence electrons. The molecule has 4 aromatic rings. The number of carbonyl (C=O) groups is 4. The number of ketones is 1. The van der Waals surface area contributed by atoms with Crippen molar-refractivity contribution in [3.05, 3.63) is 127 Å². The van der Waals surface area contributed by atoms with Crippen LogP contribution in [0.5, 0.6) is 0 Å². The molecule has 0 heterocycles. The van der Waals surface area contributed by atoms with Gasteiger partial charge in [-0.25, -0.2) is 0 Å². The van der Waals surface area contributed by atoms with Gasteiger partial charge in [-0.1, -0.05) is 106 Å². The number of rotatable bonds is 15. The molecule has 0 aromatic heterocycles. The minimum absolute atomic E-state index is 0.0229. The molecule has 0 aliphatic rings. The maximum absolute atomic E-state index is 14.4. The molecular formula is C42H49N3O4. The summed E-state index contributed by atoms with van der Waals surface area (Å²) in [7, 11) is 5.23. The first-order valence-corrected chi connectivity index (χ1v) is 16.8. The van der Waals surface area contributed by atoms with Gasteiger partial charge in [0.05, 0.1) is 0 Å². The van der Waals surface area contributed by atoms with Gasteiger partial charge in [0.15, 0.2) is 0 Å². The van der Waals surface area contributed by atoms with Crippen molar-refractivity contribution in [2.24, 2.45) is 10.8 Å². The first kappa shape index (κ1) is 36.8. The normalized spacial score (nSPS) is 12.1. The van der Waals surface area contributed by atoms with Gasteiger partial charge in [0, 0.05) is 69.8 Å². The SMILES string of the molecule is CN(C(=O)CC(C)(C)CC(=O)[C@@H](CC(C)(CC(=O)N(C)c1ccccc1)CC(=O)N(C)c1ccccc1)c1ccccc1)c1ccccc1. The standard InChI is InChI=1S/C42H49N3O4/c1-41(2,29-38(47)43(4)33-21-13-8-14-22-33)28-37(46)36(32-19-11-7-12-20-32)27-42(3,30-39(48)44(5)34-23-15-9-16-24-34)31-40(49)45(6)35-25-17-10-18-26-35/h7-26,36H,27-31H2,1-6H3/t36-/m0/s1. The number of Topliss-reactive ketones (excluding diaryl/α,β-unsaturated/α-hetero) is 1. The second kappa shape index (κ2) is 16.4. The minimum atomic E-state index is -0.871. The molecule has 0 N–H and O–H groups in total. The van der Waals surface area contributed by atoms with Gasteiger partial charge in [-0.3, -0.25) is 19.2 Å². The first-order valence-electron chi connectivity index (χ1n) is 16.8. The lowest BCUT2D eigenvalue weighted by molar-refractivity contribution is -0.128. The van der Waals surface area contributed by atoms with Crippen LogP contribution in [0.1, 0.15) is 64.4 Å². The van der Waals surface area contributed by atoms with Crippen molar-refractivity contribution in [2.75, 3.05) is 35.8 Å². The summed E-state index contributed by atoms with van der Waals surface area (Å²) in [6.07, 6.45) is 0.753. The van der Waals surface area contributed by atoms with Gasteiger partial charge in [0.25, 0.3) is 0 Å². The molecule has 7 heteroatoms. The quantitative estimate of drug-likeness (QED) is 0.129. The van der Waals surface area contributed by atoms with E-state index in [9.17, 15) is 19.2 Å². The Morgan fingerprint density at radius 1 is 0.490 bits per heavy atom. The summed E-state index contributed by atoms with van der Waals surface area (Å²) in [5.74, 6) is -0.965. The molecule has 0 saturated heterocycles. The number of nitrogens with zero attached hydrogens (tertiary/aromatic N) is 3. The monoisotopic (exact) mass is 659 g/mol. The number of para-hydroxylation sites is 3. The highest BCUT2D eigenvalue weighted by Crippen LogP contribution is 2.42. The third-order valence-electron chi connectivity index (χ3n) is 9.28. The zero-order valence-corrected chi connectivity index (χ0v) is 29.6. The smallest absolute Gasteiger partial charge is 0.227 e. The van der Waals surface area contributed by atoms with E-state index in [-0.39, 0.29) is 55.6 Å². The van der Waals surface area contributed by atoms with Gasteiger partial charge in [0.1, 0.15) is 5.78 Å². The lowest BCUT2D eigenvalue weighted by Crippen LogP contribution is -2.38. The van der Waals surface area contributed by atoms with Crippen molar-refractivity contribution >= 4 is 40.6 Å². The fraction of sp³-hybridized carbons (Fsp3) is 0.333. The molecule has 0 fully saturated rings. The molecule has 7 nitrogen and oxygen atoms in total. The van der Waals surface area contributed by atoms with Crippen molar-refractivity contribution < 1.29 is 19.2 Å². The second-order valence-corrected chi connectivity index (χ2v) is 14.2. The Bertz CT molecular complexity index is 1630. The van der Waals surface area contributed by atoms with E-state index in [4.69, 9.17) is 0 Å². The molecule has 4 aromatic carbocycles. The predicted octanol–water partition coefficient (Wildman–Crippen LogP) is 8.31. The molecule has 4 rings (SSSR count). The largest absolute Gasteiger partial charge is 0.315 e. The Kier molecular flexibility index (Phi) is 12.3. The Morgan fingerprint density at radius 3 is 1.18 bits per heavy atom. The zero-order valence-electron chi connectivity index (χ0n) is 29.6. The maximum Gasteiger partial charge on any atom is 0.227 e. The zero-order chi connectivity index (χ0) is 35.6. The number of anilines is 3. The number of hydrogen-bond donors (Lipinski definition) is 0. The van der Waals surface area contributed by atoms with Crippen LogP contribution in [0.2, 0.25) is 0 Å². The number of benzene rings is 4. The van der Waals surface area contributed by atoms with Gasteiger partial charge in [-0.15, -0.1) is 0 Å². The highest BCUT2D eigenvalue weighted by Gasteiger charge is 2.39. The molecule has 0 aliphatic heterocycles. The highest BCUT2D eigenvalue weighted by molar-refractivity contribution is 5.97. The molecule has 0 unspecified atom stereocenters. The predicted molar refractivity (Wildman–Crippen MR) is 199 cm³/mol.